The summed E-state index contributed by atoms with van der Waals surface area (Å²) in [6.45, 7) is 0. The minimum absolute atomic E-state index is 0.0101. The van der Waals surface area contributed by atoms with Gasteiger partial charge in [0.2, 0.25) is 0 Å². The summed E-state index contributed by atoms with van der Waals surface area (Å²) in [7, 11) is -5.02. The predicted molar refractivity (Wildman–Crippen MR) is 114 cm³/mol. The van der Waals surface area contributed by atoms with Crippen molar-refractivity contribution in [2.24, 2.45) is 0 Å². The van der Waals surface area contributed by atoms with Gasteiger partial charge in [-0.15, -0.1) is 0 Å². The lowest BCUT2D eigenvalue weighted by Gasteiger charge is -2.33. The molecule has 0 aliphatic rings. The van der Waals surface area contributed by atoms with Gasteiger partial charge >= 0.3 is 0 Å². The summed E-state index contributed by atoms with van der Waals surface area (Å²) in [6.07, 6.45) is 0. The number of hydrogen-bond acceptors (Lipinski definition) is 4. The molecule has 152 valence electrons. The van der Waals surface area contributed by atoms with Crippen LogP contribution in [0.1, 0.15) is 16.7 Å². The van der Waals surface area contributed by atoms with Crippen LogP contribution in [0.5, 0.6) is 11.5 Å². The first-order chi connectivity index (χ1) is 13.5. The van der Waals surface area contributed by atoms with E-state index < -0.39 is 26.4 Å². The molecule has 10 heteroatoms. The van der Waals surface area contributed by atoms with Crippen molar-refractivity contribution in [3.05, 3.63) is 91.4 Å². The SMILES string of the molecule is O=S(=O)(O)C(c1ccccc1)(c1cc(O)c(O)c(Cl)c1)c1cc(Cl)c(Cl)cc1Cl. The first-order valence-corrected chi connectivity index (χ1v) is 10.8. The first kappa shape index (κ1) is 22.0. The highest BCUT2D eigenvalue weighted by atomic mass is 35.5. The van der Waals surface area contributed by atoms with Crippen LogP contribution in [0.4, 0.5) is 0 Å². The molecule has 0 saturated heterocycles. The maximum atomic E-state index is 12.9. The van der Waals surface area contributed by atoms with Gasteiger partial charge in [0.25, 0.3) is 10.1 Å². The summed E-state index contributed by atoms with van der Waals surface area (Å²) >= 11 is 24.4. The molecule has 3 aromatic carbocycles. The highest BCUT2D eigenvalue weighted by Crippen LogP contribution is 2.50. The second kappa shape index (κ2) is 7.87. The summed E-state index contributed by atoms with van der Waals surface area (Å²) in [4.78, 5) is 0. The van der Waals surface area contributed by atoms with Crippen LogP contribution in [-0.2, 0) is 14.9 Å². The zero-order valence-corrected chi connectivity index (χ0v) is 18.1. The van der Waals surface area contributed by atoms with Gasteiger partial charge < -0.3 is 10.2 Å². The van der Waals surface area contributed by atoms with Crippen LogP contribution >= 0.6 is 46.4 Å². The molecule has 0 aromatic heterocycles. The molecule has 29 heavy (non-hydrogen) atoms. The van der Waals surface area contributed by atoms with E-state index in [1.807, 2.05) is 0 Å². The molecule has 0 saturated carbocycles. The second-order valence-corrected chi connectivity index (χ2v) is 9.29. The largest absolute Gasteiger partial charge is 0.504 e. The van der Waals surface area contributed by atoms with E-state index in [2.05, 4.69) is 0 Å². The number of benzene rings is 3. The Balaban J connectivity index is 2.59. The Morgan fingerprint density at radius 3 is 1.86 bits per heavy atom. The highest BCUT2D eigenvalue weighted by Gasteiger charge is 2.50. The second-order valence-electron chi connectivity index (χ2n) is 6.09. The standard InChI is InChI=1S/C19H12Cl4O5S/c20-13-9-15(22)14(21)8-12(13)19(29(26,27)28,10-4-2-1-3-5-10)11-6-16(23)18(25)17(24)7-11/h1-9,24-25H,(H,26,27,28). The van der Waals surface area contributed by atoms with E-state index >= 15 is 0 Å². The highest BCUT2D eigenvalue weighted by molar-refractivity contribution is 7.87. The molecule has 0 radical (unpaired) electrons. The van der Waals surface area contributed by atoms with Crippen LogP contribution in [0.2, 0.25) is 20.1 Å². The molecule has 0 amide bonds. The smallest absolute Gasteiger partial charge is 0.283 e. The molecule has 0 fully saturated rings. The number of halogens is 4. The quantitative estimate of drug-likeness (QED) is 0.182. The third-order valence-electron chi connectivity index (χ3n) is 4.41. The van der Waals surface area contributed by atoms with E-state index in [1.54, 1.807) is 18.2 Å². The zero-order chi connectivity index (χ0) is 21.6. The summed E-state index contributed by atoms with van der Waals surface area (Å²) in [6, 6.07) is 12.2. The molecule has 5 nitrogen and oxygen atoms in total. The third kappa shape index (κ3) is 3.65. The van der Waals surface area contributed by atoms with Gasteiger partial charge in [-0.1, -0.05) is 76.7 Å². The van der Waals surface area contributed by atoms with Gasteiger partial charge in [-0.25, -0.2) is 0 Å². The summed E-state index contributed by atoms with van der Waals surface area (Å²) < 4.78 is 34.0. The van der Waals surface area contributed by atoms with E-state index in [0.29, 0.717) is 0 Å². The van der Waals surface area contributed by atoms with Gasteiger partial charge in [0.1, 0.15) is 0 Å². The zero-order valence-electron chi connectivity index (χ0n) is 14.3. The average molecular weight is 494 g/mol. The van der Waals surface area contributed by atoms with E-state index in [4.69, 9.17) is 46.4 Å². The molecule has 0 aliphatic heterocycles. The lowest BCUT2D eigenvalue weighted by molar-refractivity contribution is 0.402. The van der Waals surface area contributed by atoms with Crippen LogP contribution in [-0.4, -0.2) is 23.2 Å². The minimum atomic E-state index is -5.02. The molecular formula is C19H12Cl4O5S. The maximum Gasteiger partial charge on any atom is 0.283 e. The maximum absolute atomic E-state index is 12.9. The topological polar surface area (TPSA) is 94.8 Å². The molecule has 0 heterocycles. The number of phenols is 2. The van der Waals surface area contributed by atoms with Crippen molar-refractivity contribution in [3.63, 3.8) is 0 Å². The Kier molecular flexibility index (Phi) is 5.98. The van der Waals surface area contributed by atoms with Crippen molar-refractivity contribution in [3.8, 4) is 11.5 Å². The van der Waals surface area contributed by atoms with E-state index in [9.17, 15) is 23.2 Å². The van der Waals surface area contributed by atoms with Crippen LogP contribution in [0, 0.1) is 0 Å². The summed E-state index contributed by atoms with van der Waals surface area (Å²) in [5.41, 5.74) is -0.209. The fourth-order valence-electron chi connectivity index (χ4n) is 3.17. The lowest BCUT2D eigenvalue weighted by Crippen LogP contribution is -2.38. The van der Waals surface area contributed by atoms with Crippen molar-refractivity contribution < 1.29 is 23.2 Å². The molecule has 0 aliphatic carbocycles. The first-order valence-electron chi connectivity index (χ1n) is 7.89. The van der Waals surface area contributed by atoms with Gasteiger partial charge in [-0.05, 0) is 35.4 Å². The van der Waals surface area contributed by atoms with Gasteiger partial charge in [0.15, 0.2) is 16.2 Å². The Labute approximate surface area is 186 Å². The van der Waals surface area contributed by atoms with Gasteiger partial charge in [0, 0.05) is 10.6 Å². The Bertz CT molecular complexity index is 1180. The average Bonchev–Trinajstić information content (AvgIpc) is 2.64. The Morgan fingerprint density at radius 1 is 0.724 bits per heavy atom. The molecule has 0 spiro atoms. The van der Waals surface area contributed by atoms with E-state index in [-0.39, 0.29) is 36.8 Å². The Hall–Kier alpha value is -1.67. The van der Waals surface area contributed by atoms with Crippen molar-refractivity contribution in [1.82, 2.24) is 0 Å². The monoisotopic (exact) mass is 492 g/mol. The summed E-state index contributed by atoms with van der Waals surface area (Å²) in [5, 5.41) is 19.5. The van der Waals surface area contributed by atoms with Crippen LogP contribution in [0.3, 0.4) is 0 Å². The molecule has 0 bridgehead atoms. The van der Waals surface area contributed by atoms with E-state index in [1.165, 1.54) is 24.3 Å². The lowest BCUT2D eigenvalue weighted by atomic mass is 9.83. The van der Waals surface area contributed by atoms with Crippen molar-refractivity contribution >= 4 is 56.5 Å². The van der Waals surface area contributed by atoms with Crippen molar-refractivity contribution in [2.45, 2.75) is 4.75 Å². The molecule has 1 atom stereocenters. The fraction of sp³-hybridized carbons (Fsp3) is 0.0526. The van der Waals surface area contributed by atoms with Crippen LogP contribution < -0.4 is 0 Å². The third-order valence-corrected chi connectivity index (χ3v) is 7.19. The van der Waals surface area contributed by atoms with Crippen molar-refractivity contribution in [2.75, 3.05) is 0 Å². The van der Waals surface area contributed by atoms with Gasteiger partial charge in [0.05, 0.1) is 15.1 Å². The number of hydrogen-bond donors (Lipinski definition) is 3. The van der Waals surface area contributed by atoms with E-state index in [0.717, 1.165) is 12.1 Å². The molecule has 1 unspecified atom stereocenters. The normalized spacial score (nSPS) is 13.8. The number of rotatable bonds is 4. The number of phenolic OH excluding ortho intramolecular Hbond substituents is 2. The fourth-order valence-corrected chi connectivity index (χ4v) is 5.42. The van der Waals surface area contributed by atoms with Crippen LogP contribution in [0.15, 0.2) is 54.6 Å². The molecule has 3 aromatic rings. The van der Waals surface area contributed by atoms with Crippen LogP contribution in [0.25, 0.3) is 0 Å². The van der Waals surface area contributed by atoms with Gasteiger partial charge in [-0.3, -0.25) is 4.55 Å². The predicted octanol–water partition coefficient (Wildman–Crippen LogP) is 5.89. The molecule has 3 N–H and O–H groups in total. The van der Waals surface area contributed by atoms with Crippen molar-refractivity contribution in [1.29, 1.82) is 0 Å². The molecular weight excluding hydrogens is 482 g/mol. The minimum Gasteiger partial charge on any atom is -0.504 e. The number of aromatic hydroxyl groups is 2. The molecule has 3 rings (SSSR count). The summed E-state index contributed by atoms with van der Waals surface area (Å²) in [5.74, 6) is -1.33. The van der Waals surface area contributed by atoms with Gasteiger partial charge in [-0.2, -0.15) is 8.42 Å². The Morgan fingerprint density at radius 2 is 1.31 bits per heavy atom.